The van der Waals surface area contributed by atoms with Gasteiger partial charge in [-0.3, -0.25) is 9.78 Å². The van der Waals surface area contributed by atoms with Crippen molar-refractivity contribution in [3.63, 3.8) is 0 Å². The highest BCUT2D eigenvalue weighted by Gasteiger charge is 2.22. The van der Waals surface area contributed by atoms with Crippen LogP contribution in [0.4, 0.5) is 0 Å². The molecule has 0 radical (unpaired) electrons. The van der Waals surface area contributed by atoms with Gasteiger partial charge in [0.15, 0.2) is 0 Å². The molecule has 1 fully saturated rings. The number of fused-ring (bicyclic) bond motifs is 1. The number of piperidine rings is 1. The lowest BCUT2D eigenvalue weighted by Gasteiger charge is -2.32. The van der Waals surface area contributed by atoms with Crippen LogP contribution >= 0.6 is 0 Å². The molecule has 5 heteroatoms. The van der Waals surface area contributed by atoms with E-state index in [0.29, 0.717) is 5.92 Å². The average Bonchev–Trinajstić information content (AvgIpc) is 3.11. The molecule has 1 atom stereocenters. The number of carbonyl (C=O) groups is 1. The predicted octanol–water partition coefficient (Wildman–Crippen LogP) is 3.59. The third-order valence-corrected chi connectivity index (χ3v) is 5.11. The van der Waals surface area contributed by atoms with Crippen LogP contribution in [0.25, 0.3) is 22.2 Å². The van der Waals surface area contributed by atoms with Crippen molar-refractivity contribution in [2.45, 2.75) is 19.3 Å². The second-order valence-electron chi connectivity index (χ2n) is 6.88. The van der Waals surface area contributed by atoms with Crippen molar-refractivity contribution < 1.29 is 4.79 Å². The third kappa shape index (κ3) is 3.25. The standard InChI is InChI=1S/C21H22N4O/c1-2-20(26)25-9-3-4-15(14-25)10-16-11-18-19(13-24-21(18)23-12-16)17-5-7-22-8-6-17/h2,5-8,11-13,15H,1,3-4,9-10,14H2,(H,23,24)/t15-/m1/s1. The number of hydrogen-bond acceptors (Lipinski definition) is 3. The Morgan fingerprint density at radius 2 is 2.23 bits per heavy atom. The molecular formula is C21H22N4O. The number of pyridine rings is 2. The lowest BCUT2D eigenvalue weighted by atomic mass is 9.91. The maximum Gasteiger partial charge on any atom is 0.245 e. The Labute approximate surface area is 152 Å². The van der Waals surface area contributed by atoms with Crippen LogP contribution in [0.5, 0.6) is 0 Å². The summed E-state index contributed by atoms with van der Waals surface area (Å²) in [4.78, 5) is 25.7. The summed E-state index contributed by atoms with van der Waals surface area (Å²) in [5.41, 5.74) is 4.38. The largest absolute Gasteiger partial charge is 0.346 e. The van der Waals surface area contributed by atoms with Gasteiger partial charge in [0, 0.05) is 48.8 Å². The summed E-state index contributed by atoms with van der Waals surface area (Å²) in [5, 5.41) is 1.13. The Balaban J connectivity index is 1.58. The van der Waals surface area contributed by atoms with Gasteiger partial charge in [0.25, 0.3) is 0 Å². The quantitative estimate of drug-likeness (QED) is 0.734. The second kappa shape index (κ2) is 7.12. The molecule has 4 heterocycles. The van der Waals surface area contributed by atoms with E-state index in [9.17, 15) is 4.79 Å². The van der Waals surface area contributed by atoms with E-state index in [1.54, 1.807) is 12.4 Å². The Bertz CT molecular complexity index is 932. The van der Waals surface area contributed by atoms with E-state index in [4.69, 9.17) is 0 Å². The molecule has 26 heavy (non-hydrogen) atoms. The maximum absolute atomic E-state index is 11.9. The third-order valence-electron chi connectivity index (χ3n) is 5.11. The molecule has 1 amide bonds. The zero-order valence-electron chi connectivity index (χ0n) is 14.7. The molecule has 1 aliphatic rings. The van der Waals surface area contributed by atoms with Gasteiger partial charge in [-0.05, 0) is 60.6 Å². The lowest BCUT2D eigenvalue weighted by molar-refractivity contribution is -0.127. The molecule has 3 aromatic heterocycles. The second-order valence-corrected chi connectivity index (χ2v) is 6.88. The Morgan fingerprint density at radius 1 is 1.38 bits per heavy atom. The van der Waals surface area contributed by atoms with Crippen molar-refractivity contribution in [1.29, 1.82) is 0 Å². The van der Waals surface area contributed by atoms with E-state index in [1.807, 2.05) is 29.4 Å². The summed E-state index contributed by atoms with van der Waals surface area (Å²) < 4.78 is 0. The van der Waals surface area contributed by atoms with Crippen LogP contribution in [-0.4, -0.2) is 38.8 Å². The first-order valence-corrected chi connectivity index (χ1v) is 9.02. The summed E-state index contributed by atoms with van der Waals surface area (Å²) in [5.74, 6) is 0.504. The molecule has 0 aliphatic carbocycles. The van der Waals surface area contributed by atoms with E-state index in [-0.39, 0.29) is 5.91 Å². The van der Waals surface area contributed by atoms with Crippen LogP contribution in [-0.2, 0) is 11.2 Å². The molecule has 1 saturated heterocycles. The van der Waals surface area contributed by atoms with Gasteiger partial charge in [0.2, 0.25) is 5.91 Å². The number of H-pyrrole nitrogens is 1. The van der Waals surface area contributed by atoms with E-state index in [0.717, 1.165) is 54.5 Å². The Kier molecular flexibility index (Phi) is 4.52. The topological polar surface area (TPSA) is 61.9 Å². The molecular weight excluding hydrogens is 324 g/mol. The minimum atomic E-state index is 0.0360. The van der Waals surface area contributed by atoms with Crippen molar-refractivity contribution >= 4 is 16.9 Å². The van der Waals surface area contributed by atoms with E-state index in [2.05, 4.69) is 27.6 Å². The summed E-state index contributed by atoms with van der Waals surface area (Å²) >= 11 is 0. The zero-order valence-corrected chi connectivity index (χ0v) is 14.7. The number of carbonyl (C=O) groups excluding carboxylic acids is 1. The van der Waals surface area contributed by atoms with Gasteiger partial charge in [0.1, 0.15) is 5.65 Å². The first-order valence-electron chi connectivity index (χ1n) is 9.02. The number of hydrogen-bond donors (Lipinski definition) is 1. The molecule has 1 aliphatic heterocycles. The van der Waals surface area contributed by atoms with E-state index in [1.165, 1.54) is 11.6 Å². The van der Waals surface area contributed by atoms with Crippen LogP contribution in [0, 0.1) is 5.92 Å². The van der Waals surface area contributed by atoms with Gasteiger partial charge in [-0.2, -0.15) is 0 Å². The lowest BCUT2D eigenvalue weighted by Crippen LogP contribution is -2.39. The fourth-order valence-corrected chi connectivity index (χ4v) is 3.82. The highest BCUT2D eigenvalue weighted by atomic mass is 16.2. The van der Waals surface area contributed by atoms with Crippen molar-refractivity contribution in [3.8, 4) is 11.1 Å². The SMILES string of the molecule is C=CC(=O)N1CCC[C@H](Cc2cnc3[nH]cc(-c4ccncc4)c3c2)C1. The number of likely N-dealkylation sites (tertiary alicyclic amines) is 1. The molecule has 0 bridgehead atoms. The molecule has 0 aromatic carbocycles. The van der Waals surface area contributed by atoms with Gasteiger partial charge >= 0.3 is 0 Å². The smallest absolute Gasteiger partial charge is 0.245 e. The van der Waals surface area contributed by atoms with Crippen molar-refractivity contribution in [3.05, 3.63) is 61.2 Å². The number of amides is 1. The molecule has 0 spiro atoms. The highest BCUT2D eigenvalue weighted by Crippen LogP contribution is 2.29. The minimum absolute atomic E-state index is 0.0360. The van der Waals surface area contributed by atoms with Crippen LogP contribution in [0.3, 0.4) is 0 Å². The molecule has 3 aromatic rings. The van der Waals surface area contributed by atoms with Gasteiger partial charge in [-0.25, -0.2) is 4.98 Å². The van der Waals surface area contributed by atoms with Crippen molar-refractivity contribution in [1.82, 2.24) is 19.9 Å². The molecule has 5 nitrogen and oxygen atoms in total. The monoisotopic (exact) mass is 346 g/mol. The summed E-state index contributed by atoms with van der Waals surface area (Å²) in [6.45, 7) is 5.24. The van der Waals surface area contributed by atoms with Gasteiger partial charge in [0.05, 0.1) is 0 Å². The first kappa shape index (κ1) is 16.5. The molecule has 0 saturated carbocycles. The number of aromatic nitrogens is 3. The summed E-state index contributed by atoms with van der Waals surface area (Å²) in [6, 6.07) is 6.24. The highest BCUT2D eigenvalue weighted by molar-refractivity contribution is 5.93. The van der Waals surface area contributed by atoms with Gasteiger partial charge < -0.3 is 9.88 Å². The van der Waals surface area contributed by atoms with Crippen LogP contribution in [0.15, 0.2) is 55.6 Å². The first-order chi connectivity index (χ1) is 12.7. The van der Waals surface area contributed by atoms with E-state index < -0.39 is 0 Å². The summed E-state index contributed by atoms with van der Waals surface area (Å²) in [7, 11) is 0. The Morgan fingerprint density at radius 3 is 3.04 bits per heavy atom. The van der Waals surface area contributed by atoms with Crippen LogP contribution in [0.2, 0.25) is 0 Å². The normalized spacial score (nSPS) is 17.4. The van der Waals surface area contributed by atoms with E-state index >= 15 is 0 Å². The zero-order chi connectivity index (χ0) is 17.9. The fourth-order valence-electron chi connectivity index (χ4n) is 3.82. The molecule has 4 rings (SSSR count). The number of rotatable bonds is 4. The van der Waals surface area contributed by atoms with Crippen LogP contribution < -0.4 is 0 Å². The Hall–Kier alpha value is -2.95. The average molecular weight is 346 g/mol. The molecule has 1 N–H and O–H groups in total. The maximum atomic E-state index is 11.9. The molecule has 0 unspecified atom stereocenters. The minimum Gasteiger partial charge on any atom is -0.346 e. The van der Waals surface area contributed by atoms with Crippen LogP contribution in [0.1, 0.15) is 18.4 Å². The van der Waals surface area contributed by atoms with Gasteiger partial charge in [-0.1, -0.05) is 6.58 Å². The number of nitrogens with one attached hydrogen (secondary N) is 1. The van der Waals surface area contributed by atoms with Crippen molar-refractivity contribution in [2.75, 3.05) is 13.1 Å². The number of aromatic amines is 1. The fraction of sp³-hybridized carbons (Fsp3) is 0.286. The summed E-state index contributed by atoms with van der Waals surface area (Å²) in [6.07, 6.45) is 12.1. The molecule has 132 valence electrons. The van der Waals surface area contributed by atoms with Gasteiger partial charge in [-0.15, -0.1) is 0 Å². The number of nitrogens with zero attached hydrogens (tertiary/aromatic N) is 3. The van der Waals surface area contributed by atoms with Crippen molar-refractivity contribution in [2.24, 2.45) is 5.92 Å². The predicted molar refractivity (Wildman–Crippen MR) is 103 cm³/mol.